The molecule has 1 amide bonds. The maximum Gasteiger partial charge on any atom is 0.244 e. The molecule has 2 atom stereocenters. The number of nitrogens with one attached hydrogen (secondary N) is 1. The van der Waals surface area contributed by atoms with Crippen molar-refractivity contribution < 1.29 is 13.9 Å². The van der Waals surface area contributed by atoms with E-state index in [9.17, 15) is 9.18 Å². The standard InChI is InChI=1S/C23H27FN6O2/c24-20-13-27-23(29-8-10-32-11-9-29)28-22(20)30-14-18-17(19(18)15-30)5-7-26-21(31)4-3-16-2-1-6-25-12-16/h1-4,6,12-13,17-19H,5,7-11,14-15H2,(H,26,31)/b4-3+. The third-order valence-electron chi connectivity index (χ3n) is 6.57. The molecule has 0 bridgehead atoms. The molecule has 2 aromatic heterocycles. The van der Waals surface area contributed by atoms with Crippen LogP contribution in [0.1, 0.15) is 12.0 Å². The van der Waals surface area contributed by atoms with Gasteiger partial charge >= 0.3 is 0 Å². The van der Waals surface area contributed by atoms with Crippen molar-refractivity contribution in [1.82, 2.24) is 20.3 Å². The van der Waals surface area contributed by atoms with E-state index in [0.29, 0.717) is 49.3 Å². The Morgan fingerprint density at radius 3 is 2.78 bits per heavy atom. The number of aromatic nitrogens is 3. The van der Waals surface area contributed by atoms with Gasteiger partial charge in [0.25, 0.3) is 0 Å². The van der Waals surface area contributed by atoms with Gasteiger partial charge in [-0.15, -0.1) is 0 Å². The van der Waals surface area contributed by atoms with E-state index in [4.69, 9.17) is 4.74 Å². The van der Waals surface area contributed by atoms with Crippen LogP contribution in [0.4, 0.5) is 16.2 Å². The Morgan fingerprint density at radius 2 is 2.03 bits per heavy atom. The normalized spacial score (nSPS) is 24.6. The molecule has 4 heterocycles. The maximum absolute atomic E-state index is 14.4. The van der Waals surface area contributed by atoms with Gasteiger partial charge in [0.15, 0.2) is 11.6 Å². The number of halogens is 1. The summed E-state index contributed by atoms with van der Waals surface area (Å²) in [6.45, 7) is 4.99. The van der Waals surface area contributed by atoms with Crippen LogP contribution in [0.3, 0.4) is 0 Å². The fourth-order valence-corrected chi connectivity index (χ4v) is 4.80. The van der Waals surface area contributed by atoms with Gasteiger partial charge in [-0.2, -0.15) is 4.98 Å². The molecule has 0 aromatic carbocycles. The molecule has 1 saturated carbocycles. The Labute approximate surface area is 186 Å². The number of rotatable bonds is 7. The van der Waals surface area contributed by atoms with Crippen molar-refractivity contribution in [3.63, 3.8) is 0 Å². The van der Waals surface area contributed by atoms with Crippen LogP contribution in [0.25, 0.3) is 6.08 Å². The molecular formula is C23H27FN6O2. The van der Waals surface area contributed by atoms with Gasteiger partial charge in [0.05, 0.1) is 19.4 Å². The monoisotopic (exact) mass is 438 g/mol. The zero-order valence-corrected chi connectivity index (χ0v) is 17.9. The lowest BCUT2D eigenvalue weighted by Crippen LogP contribution is -2.38. The van der Waals surface area contributed by atoms with Gasteiger partial charge in [-0.05, 0) is 41.9 Å². The van der Waals surface area contributed by atoms with E-state index < -0.39 is 0 Å². The Bertz CT molecular complexity index is 970. The van der Waals surface area contributed by atoms with E-state index in [1.54, 1.807) is 18.5 Å². The highest BCUT2D eigenvalue weighted by Gasteiger charge is 2.55. The number of hydrogen-bond donors (Lipinski definition) is 1. The lowest BCUT2D eigenvalue weighted by molar-refractivity contribution is -0.116. The number of piperidine rings is 1. The van der Waals surface area contributed by atoms with Gasteiger partial charge in [-0.3, -0.25) is 9.78 Å². The lowest BCUT2D eigenvalue weighted by atomic mass is 10.2. The molecule has 32 heavy (non-hydrogen) atoms. The molecule has 0 radical (unpaired) electrons. The summed E-state index contributed by atoms with van der Waals surface area (Å²) in [4.78, 5) is 28.8. The van der Waals surface area contributed by atoms with Gasteiger partial charge in [0.1, 0.15) is 0 Å². The topological polar surface area (TPSA) is 83.5 Å². The largest absolute Gasteiger partial charge is 0.378 e. The third kappa shape index (κ3) is 4.57. The first-order valence-electron chi connectivity index (χ1n) is 11.1. The second-order valence-electron chi connectivity index (χ2n) is 8.54. The van der Waals surface area contributed by atoms with E-state index in [1.165, 1.54) is 12.3 Å². The van der Waals surface area contributed by atoms with Gasteiger partial charge in [0, 0.05) is 51.2 Å². The van der Waals surface area contributed by atoms with E-state index in [2.05, 4.69) is 20.3 Å². The Hall–Kier alpha value is -3.07. The summed E-state index contributed by atoms with van der Waals surface area (Å²) in [5.41, 5.74) is 0.896. The maximum atomic E-state index is 14.4. The van der Waals surface area contributed by atoms with Crippen molar-refractivity contribution in [3.05, 3.63) is 48.2 Å². The Balaban J connectivity index is 1.08. The third-order valence-corrected chi connectivity index (χ3v) is 6.57. The van der Waals surface area contributed by atoms with Crippen molar-refractivity contribution in [1.29, 1.82) is 0 Å². The minimum Gasteiger partial charge on any atom is -0.378 e. The number of carbonyl (C=O) groups excluding carboxylic acids is 1. The van der Waals surface area contributed by atoms with Crippen molar-refractivity contribution in [3.8, 4) is 0 Å². The quantitative estimate of drug-likeness (QED) is 0.660. The average molecular weight is 439 g/mol. The smallest absolute Gasteiger partial charge is 0.244 e. The second kappa shape index (κ2) is 9.20. The van der Waals surface area contributed by atoms with E-state index in [-0.39, 0.29) is 11.7 Å². The Morgan fingerprint density at radius 1 is 1.22 bits per heavy atom. The van der Waals surface area contributed by atoms with Crippen LogP contribution in [0.5, 0.6) is 0 Å². The van der Waals surface area contributed by atoms with Crippen molar-refractivity contribution in [2.75, 3.05) is 55.7 Å². The van der Waals surface area contributed by atoms with Crippen LogP contribution in [0.15, 0.2) is 36.8 Å². The molecule has 0 spiro atoms. The molecule has 2 aromatic rings. The summed E-state index contributed by atoms with van der Waals surface area (Å²) in [6, 6.07) is 3.74. The molecule has 3 aliphatic rings. The van der Waals surface area contributed by atoms with Crippen molar-refractivity contribution in [2.45, 2.75) is 6.42 Å². The number of carbonyl (C=O) groups is 1. The Kier molecular flexibility index (Phi) is 5.98. The molecule has 2 saturated heterocycles. The number of morpholine rings is 1. The number of hydrogen-bond acceptors (Lipinski definition) is 7. The molecule has 5 rings (SSSR count). The highest BCUT2D eigenvalue weighted by Crippen LogP contribution is 2.54. The first-order valence-corrected chi connectivity index (χ1v) is 11.1. The van der Waals surface area contributed by atoms with Gasteiger partial charge in [-0.25, -0.2) is 9.37 Å². The number of nitrogens with zero attached hydrogens (tertiary/aromatic N) is 5. The van der Waals surface area contributed by atoms with Crippen molar-refractivity contribution >= 4 is 23.7 Å². The number of amides is 1. The lowest BCUT2D eigenvalue weighted by Gasteiger charge is -2.28. The summed E-state index contributed by atoms with van der Waals surface area (Å²) < 4.78 is 19.8. The van der Waals surface area contributed by atoms with Crippen molar-refractivity contribution in [2.24, 2.45) is 17.8 Å². The van der Waals surface area contributed by atoms with Crippen LogP contribution in [0, 0.1) is 23.6 Å². The number of anilines is 2. The minimum atomic E-state index is -0.368. The second-order valence-corrected chi connectivity index (χ2v) is 8.54. The first kappa shape index (κ1) is 20.8. The zero-order valence-electron chi connectivity index (χ0n) is 17.9. The van der Waals surface area contributed by atoms with Crippen LogP contribution in [-0.4, -0.2) is 66.8 Å². The summed E-state index contributed by atoms with van der Waals surface area (Å²) in [7, 11) is 0. The molecule has 2 aliphatic heterocycles. The predicted octanol–water partition coefficient (Wildman–Crippen LogP) is 1.75. The molecule has 1 N–H and O–H groups in total. The van der Waals surface area contributed by atoms with Crippen LogP contribution >= 0.6 is 0 Å². The van der Waals surface area contributed by atoms with Gasteiger partial charge in [-0.1, -0.05) is 6.07 Å². The minimum absolute atomic E-state index is 0.0972. The summed E-state index contributed by atoms with van der Waals surface area (Å²) >= 11 is 0. The summed E-state index contributed by atoms with van der Waals surface area (Å²) in [5.74, 6) is 2.17. The summed E-state index contributed by atoms with van der Waals surface area (Å²) in [6.07, 6.45) is 8.94. The molecule has 1 aliphatic carbocycles. The van der Waals surface area contributed by atoms with Crippen LogP contribution in [0.2, 0.25) is 0 Å². The predicted molar refractivity (Wildman–Crippen MR) is 119 cm³/mol. The highest BCUT2D eigenvalue weighted by molar-refractivity contribution is 5.91. The van der Waals surface area contributed by atoms with E-state index in [0.717, 1.165) is 38.2 Å². The highest BCUT2D eigenvalue weighted by atomic mass is 19.1. The fraction of sp³-hybridized carbons (Fsp3) is 0.478. The molecule has 2 unspecified atom stereocenters. The SMILES string of the molecule is O=C(/C=C/c1cccnc1)NCCC1C2CN(c3nc(N4CCOCC4)ncc3F)CC12. The number of ether oxygens (including phenoxy) is 1. The molecule has 3 fully saturated rings. The molecule has 168 valence electrons. The van der Waals surface area contributed by atoms with Gasteiger partial charge in [0.2, 0.25) is 11.9 Å². The first-order chi connectivity index (χ1) is 15.7. The van der Waals surface area contributed by atoms with E-state index >= 15 is 0 Å². The van der Waals surface area contributed by atoms with Gasteiger partial charge < -0.3 is 19.9 Å². The van der Waals surface area contributed by atoms with Crippen LogP contribution in [-0.2, 0) is 9.53 Å². The molecular weight excluding hydrogens is 411 g/mol. The number of fused-ring (bicyclic) bond motifs is 1. The van der Waals surface area contributed by atoms with E-state index in [1.807, 2.05) is 21.9 Å². The molecule has 8 nitrogen and oxygen atoms in total. The number of pyridine rings is 1. The summed E-state index contributed by atoms with van der Waals surface area (Å²) in [5, 5.41) is 2.95. The fourth-order valence-electron chi connectivity index (χ4n) is 4.80. The molecule has 9 heteroatoms. The van der Waals surface area contributed by atoms with Crippen LogP contribution < -0.4 is 15.1 Å². The average Bonchev–Trinajstić information content (AvgIpc) is 3.27. The zero-order chi connectivity index (χ0) is 21.9.